The number of aromatic hydroxyl groups is 1. The molecule has 3 N–H and O–H groups in total. The molecule has 2 aromatic rings. The van der Waals surface area contributed by atoms with Crippen LogP contribution in [0.2, 0.25) is 0 Å². The number of phenols is 1. The molecule has 0 spiro atoms. The van der Waals surface area contributed by atoms with E-state index in [1.807, 2.05) is 22.4 Å². The van der Waals surface area contributed by atoms with E-state index in [9.17, 15) is 9.90 Å². The Morgan fingerprint density at radius 1 is 1.40 bits per heavy atom. The van der Waals surface area contributed by atoms with Crippen LogP contribution in [0.1, 0.15) is 28.1 Å². The van der Waals surface area contributed by atoms with Gasteiger partial charge in [-0.1, -0.05) is 6.07 Å². The van der Waals surface area contributed by atoms with Crippen molar-refractivity contribution >= 4 is 22.9 Å². The Morgan fingerprint density at radius 2 is 2.20 bits per heavy atom. The normalized spacial score (nSPS) is 14.2. The molecule has 0 saturated heterocycles. The molecule has 5 heteroatoms. The van der Waals surface area contributed by atoms with Crippen LogP contribution in [0.25, 0.3) is 0 Å². The Kier molecular flexibility index (Phi) is 3.36. The summed E-state index contributed by atoms with van der Waals surface area (Å²) in [5, 5.41) is 11.6. The molecule has 0 unspecified atom stereocenters. The lowest BCUT2D eigenvalue weighted by molar-refractivity contribution is 0.0732. The molecule has 0 aliphatic heterocycles. The van der Waals surface area contributed by atoms with E-state index in [-0.39, 0.29) is 11.7 Å². The van der Waals surface area contributed by atoms with Gasteiger partial charge in [-0.25, -0.2) is 0 Å². The molecule has 3 rings (SSSR count). The van der Waals surface area contributed by atoms with Crippen LogP contribution in [0.3, 0.4) is 0 Å². The Labute approximate surface area is 121 Å². The van der Waals surface area contributed by atoms with Gasteiger partial charge >= 0.3 is 0 Å². The molecular formula is C15H16N2O2S. The number of carbonyl (C=O) groups excluding carboxylic acids is 1. The maximum Gasteiger partial charge on any atom is 0.256 e. The van der Waals surface area contributed by atoms with Crippen molar-refractivity contribution in [3.63, 3.8) is 0 Å². The summed E-state index contributed by atoms with van der Waals surface area (Å²) in [5.41, 5.74) is 6.66. The van der Waals surface area contributed by atoms with Crippen LogP contribution in [-0.4, -0.2) is 22.0 Å². The minimum absolute atomic E-state index is 0.0643. The molecule has 1 saturated carbocycles. The lowest BCUT2D eigenvalue weighted by Gasteiger charge is -2.22. The van der Waals surface area contributed by atoms with Crippen LogP contribution >= 0.6 is 11.3 Å². The van der Waals surface area contributed by atoms with E-state index < -0.39 is 0 Å². The number of nitrogen functional groups attached to an aromatic ring is 1. The number of thiophene rings is 1. The van der Waals surface area contributed by atoms with E-state index in [0.29, 0.717) is 23.8 Å². The first kappa shape index (κ1) is 13.0. The number of nitrogens with two attached hydrogens (primary N) is 1. The van der Waals surface area contributed by atoms with Crippen LogP contribution in [0.15, 0.2) is 35.7 Å². The smallest absolute Gasteiger partial charge is 0.256 e. The van der Waals surface area contributed by atoms with Crippen LogP contribution in [0.5, 0.6) is 5.75 Å². The fourth-order valence-corrected chi connectivity index (χ4v) is 2.91. The van der Waals surface area contributed by atoms with Crippen LogP contribution in [0, 0.1) is 0 Å². The first-order chi connectivity index (χ1) is 9.65. The van der Waals surface area contributed by atoms with Crippen molar-refractivity contribution in [2.24, 2.45) is 0 Å². The lowest BCUT2D eigenvalue weighted by Crippen LogP contribution is -2.32. The molecule has 0 atom stereocenters. The molecule has 1 aliphatic rings. The Morgan fingerprint density at radius 3 is 2.85 bits per heavy atom. The lowest BCUT2D eigenvalue weighted by atomic mass is 10.1. The third kappa shape index (κ3) is 2.63. The molecule has 4 nitrogen and oxygen atoms in total. The van der Waals surface area contributed by atoms with Gasteiger partial charge in [0.2, 0.25) is 0 Å². The number of hydrogen-bond donors (Lipinski definition) is 2. The first-order valence-corrected chi connectivity index (χ1v) is 7.45. The Hall–Kier alpha value is -2.01. The van der Waals surface area contributed by atoms with Gasteiger partial charge in [0.1, 0.15) is 5.75 Å². The van der Waals surface area contributed by atoms with Gasteiger partial charge in [-0.15, -0.1) is 11.3 Å². The van der Waals surface area contributed by atoms with E-state index in [2.05, 4.69) is 0 Å². The second-order valence-electron chi connectivity index (χ2n) is 5.02. The molecule has 1 heterocycles. The summed E-state index contributed by atoms with van der Waals surface area (Å²) in [6.07, 6.45) is 2.08. The summed E-state index contributed by atoms with van der Waals surface area (Å²) in [6.45, 7) is 0.607. The van der Waals surface area contributed by atoms with Crippen molar-refractivity contribution in [1.82, 2.24) is 4.90 Å². The molecule has 20 heavy (non-hydrogen) atoms. The van der Waals surface area contributed by atoms with Crippen molar-refractivity contribution in [3.8, 4) is 5.75 Å². The molecule has 1 fully saturated rings. The van der Waals surface area contributed by atoms with Crippen molar-refractivity contribution in [2.75, 3.05) is 5.73 Å². The number of hydrogen-bond acceptors (Lipinski definition) is 4. The average molecular weight is 288 g/mol. The fourth-order valence-electron chi connectivity index (χ4n) is 2.21. The molecule has 104 valence electrons. The molecule has 1 amide bonds. The van der Waals surface area contributed by atoms with E-state index >= 15 is 0 Å². The average Bonchev–Trinajstić information content (AvgIpc) is 3.15. The molecule has 1 aromatic carbocycles. The summed E-state index contributed by atoms with van der Waals surface area (Å²) in [7, 11) is 0. The summed E-state index contributed by atoms with van der Waals surface area (Å²) < 4.78 is 0. The summed E-state index contributed by atoms with van der Waals surface area (Å²) in [6, 6.07) is 8.82. The third-order valence-electron chi connectivity index (χ3n) is 3.42. The standard InChI is InChI=1S/C15H16N2O2S/c16-14-6-5-11(18)8-13(14)15(19)17(10-3-4-10)9-12-2-1-7-20-12/h1-2,5-8,10,18H,3-4,9,16H2. The SMILES string of the molecule is Nc1ccc(O)cc1C(=O)N(Cc1cccs1)C1CC1. The summed E-state index contributed by atoms with van der Waals surface area (Å²) in [4.78, 5) is 15.7. The molecule has 0 radical (unpaired) electrons. The largest absolute Gasteiger partial charge is 0.508 e. The van der Waals surface area contributed by atoms with Gasteiger partial charge < -0.3 is 15.7 Å². The predicted octanol–water partition coefficient (Wildman–Crippen LogP) is 2.84. The molecule has 1 aromatic heterocycles. The zero-order valence-corrected chi connectivity index (χ0v) is 11.8. The highest BCUT2D eigenvalue weighted by Crippen LogP contribution is 2.32. The van der Waals surface area contributed by atoms with E-state index in [1.165, 1.54) is 12.1 Å². The van der Waals surface area contributed by atoms with Crippen molar-refractivity contribution < 1.29 is 9.90 Å². The number of rotatable bonds is 4. The van der Waals surface area contributed by atoms with Crippen molar-refractivity contribution in [3.05, 3.63) is 46.2 Å². The van der Waals surface area contributed by atoms with Gasteiger partial charge in [-0.2, -0.15) is 0 Å². The zero-order chi connectivity index (χ0) is 14.1. The van der Waals surface area contributed by atoms with Gasteiger partial charge in [0, 0.05) is 16.6 Å². The van der Waals surface area contributed by atoms with Gasteiger partial charge in [0.05, 0.1) is 12.1 Å². The number of amides is 1. The maximum absolute atomic E-state index is 12.7. The minimum Gasteiger partial charge on any atom is -0.508 e. The monoisotopic (exact) mass is 288 g/mol. The number of anilines is 1. The number of carbonyl (C=O) groups is 1. The fraction of sp³-hybridized carbons (Fsp3) is 0.267. The highest BCUT2D eigenvalue weighted by molar-refractivity contribution is 7.09. The summed E-state index contributed by atoms with van der Waals surface area (Å²) >= 11 is 1.64. The van der Waals surface area contributed by atoms with Gasteiger partial charge in [0.15, 0.2) is 0 Å². The molecule has 1 aliphatic carbocycles. The molecule has 0 bridgehead atoms. The van der Waals surface area contributed by atoms with Gasteiger partial charge in [-0.3, -0.25) is 4.79 Å². The van der Waals surface area contributed by atoms with Crippen molar-refractivity contribution in [1.29, 1.82) is 0 Å². The zero-order valence-electron chi connectivity index (χ0n) is 11.0. The van der Waals surface area contributed by atoms with Crippen LogP contribution < -0.4 is 5.73 Å². The second kappa shape index (κ2) is 5.17. The quantitative estimate of drug-likeness (QED) is 0.671. The van der Waals surface area contributed by atoms with Gasteiger partial charge in [-0.05, 0) is 42.5 Å². The van der Waals surface area contributed by atoms with Crippen LogP contribution in [-0.2, 0) is 6.54 Å². The van der Waals surface area contributed by atoms with Crippen molar-refractivity contribution in [2.45, 2.75) is 25.4 Å². The van der Waals surface area contributed by atoms with E-state index in [1.54, 1.807) is 17.4 Å². The Bertz CT molecular complexity index is 621. The predicted molar refractivity (Wildman–Crippen MR) is 79.7 cm³/mol. The van der Waals surface area contributed by atoms with E-state index in [4.69, 9.17) is 5.73 Å². The first-order valence-electron chi connectivity index (χ1n) is 6.57. The number of phenolic OH excluding ortho intramolecular Hbond substituents is 1. The highest BCUT2D eigenvalue weighted by atomic mass is 32.1. The van der Waals surface area contributed by atoms with Gasteiger partial charge in [0.25, 0.3) is 5.91 Å². The molecular weight excluding hydrogens is 272 g/mol. The topological polar surface area (TPSA) is 66.6 Å². The second-order valence-corrected chi connectivity index (χ2v) is 6.05. The number of nitrogens with zero attached hydrogens (tertiary/aromatic N) is 1. The maximum atomic E-state index is 12.7. The third-order valence-corrected chi connectivity index (χ3v) is 4.28. The summed E-state index contributed by atoms with van der Waals surface area (Å²) in [5.74, 6) is -0.0382. The van der Waals surface area contributed by atoms with E-state index in [0.717, 1.165) is 17.7 Å². The number of benzene rings is 1. The minimum atomic E-state index is -0.102. The highest BCUT2D eigenvalue weighted by Gasteiger charge is 2.34. The van der Waals surface area contributed by atoms with Crippen LogP contribution in [0.4, 0.5) is 5.69 Å². The Balaban J connectivity index is 1.87.